The van der Waals surface area contributed by atoms with Crippen molar-refractivity contribution < 1.29 is 14.3 Å². The van der Waals surface area contributed by atoms with Gasteiger partial charge in [0, 0.05) is 30.1 Å². The van der Waals surface area contributed by atoms with E-state index in [1.807, 2.05) is 4.90 Å². The molecule has 0 unspecified atom stereocenters. The fourth-order valence-corrected chi connectivity index (χ4v) is 3.93. The topological polar surface area (TPSA) is 58.6 Å². The van der Waals surface area contributed by atoms with Crippen LogP contribution in [0.5, 0.6) is 5.75 Å². The molecule has 2 amide bonds. The van der Waals surface area contributed by atoms with E-state index in [1.165, 1.54) is 6.42 Å². The minimum atomic E-state index is -0.0259. The molecule has 1 aromatic rings. The van der Waals surface area contributed by atoms with Crippen LogP contribution in [0.15, 0.2) is 24.3 Å². The predicted octanol–water partition coefficient (Wildman–Crippen LogP) is 3.41. The molecule has 1 saturated heterocycles. The number of nitrogens with one attached hydrogen (secondary N) is 1. The number of nitrogens with zero attached hydrogens (tertiary/aromatic N) is 1. The first-order chi connectivity index (χ1) is 12.6. The molecule has 2 aliphatic rings. The van der Waals surface area contributed by atoms with Crippen molar-refractivity contribution in [2.45, 2.75) is 51.0 Å². The zero-order valence-electron chi connectivity index (χ0n) is 15.1. The van der Waals surface area contributed by atoms with Crippen LogP contribution in [-0.2, 0) is 9.59 Å². The van der Waals surface area contributed by atoms with Crippen molar-refractivity contribution in [3.63, 3.8) is 0 Å². The predicted molar refractivity (Wildman–Crippen MR) is 101 cm³/mol. The summed E-state index contributed by atoms with van der Waals surface area (Å²) in [5.41, 5.74) is 0. The number of likely N-dealkylation sites (tertiary alicyclic amines) is 1. The SMILES string of the molecule is O=C(NC1CCN(C(=O)COc2cccc(Cl)c2)CC1)C1CCCCC1. The first-order valence-electron chi connectivity index (χ1n) is 9.58. The van der Waals surface area contributed by atoms with Gasteiger partial charge < -0.3 is 15.0 Å². The van der Waals surface area contributed by atoms with Crippen molar-refractivity contribution in [2.24, 2.45) is 5.92 Å². The van der Waals surface area contributed by atoms with Gasteiger partial charge in [-0.1, -0.05) is 36.9 Å². The van der Waals surface area contributed by atoms with Crippen molar-refractivity contribution in [1.82, 2.24) is 10.2 Å². The van der Waals surface area contributed by atoms with Crippen LogP contribution in [0.2, 0.25) is 5.02 Å². The summed E-state index contributed by atoms with van der Waals surface area (Å²) in [6.45, 7) is 1.33. The minimum Gasteiger partial charge on any atom is -0.484 e. The number of benzene rings is 1. The molecule has 2 fully saturated rings. The normalized spacial score (nSPS) is 19.2. The monoisotopic (exact) mass is 378 g/mol. The van der Waals surface area contributed by atoms with Crippen molar-refractivity contribution >= 4 is 23.4 Å². The number of hydrogen-bond acceptors (Lipinski definition) is 3. The lowest BCUT2D eigenvalue weighted by molar-refractivity contribution is -0.134. The summed E-state index contributed by atoms with van der Waals surface area (Å²) in [7, 11) is 0. The Morgan fingerprint density at radius 2 is 1.85 bits per heavy atom. The quantitative estimate of drug-likeness (QED) is 0.854. The van der Waals surface area contributed by atoms with Gasteiger partial charge in [0.2, 0.25) is 5.91 Å². The maximum Gasteiger partial charge on any atom is 0.260 e. The van der Waals surface area contributed by atoms with Gasteiger partial charge in [-0.2, -0.15) is 0 Å². The lowest BCUT2D eigenvalue weighted by Crippen LogP contribution is -2.48. The van der Waals surface area contributed by atoms with E-state index in [4.69, 9.17) is 16.3 Å². The van der Waals surface area contributed by atoms with Crippen molar-refractivity contribution in [3.8, 4) is 5.75 Å². The highest BCUT2D eigenvalue weighted by molar-refractivity contribution is 6.30. The van der Waals surface area contributed by atoms with E-state index < -0.39 is 0 Å². The van der Waals surface area contributed by atoms with Gasteiger partial charge in [-0.3, -0.25) is 9.59 Å². The molecule has 0 atom stereocenters. The molecule has 26 heavy (non-hydrogen) atoms. The third-order valence-corrected chi connectivity index (χ3v) is 5.56. The molecule has 5 nitrogen and oxygen atoms in total. The van der Waals surface area contributed by atoms with E-state index in [1.54, 1.807) is 24.3 Å². The largest absolute Gasteiger partial charge is 0.484 e. The molecule has 0 spiro atoms. The highest BCUT2D eigenvalue weighted by Crippen LogP contribution is 2.24. The Morgan fingerprint density at radius 3 is 2.54 bits per heavy atom. The Balaban J connectivity index is 1.38. The second-order valence-corrected chi connectivity index (χ2v) is 7.68. The van der Waals surface area contributed by atoms with E-state index in [0.29, 0.717) is 23.9 Å². The summed E-state index contributed by atoms with van der Waals surface area (Å²) in [6, 6.07) is 7.22. The molecule has 1 aliphatic heterocycles. The summed E-state index contributed by atoms with van der Waals surface area (Å²) in [5, 5.41) is 3.78. The molecule has 1 aliphatic carbocycles. The Hall–Kier alpha value is -1.75. The maximum absolute atomic E-state index is 12.3. The third kappa shape index (κ3) is 5.37. The fourth-order valence-electron chi connectivity index (χ4n) is 3.75. The minimum absolute atomic E-state index is 0.0133. The Labute approximate surface area is 160 Å². The van der Waals surface area contributed by atoms with Crippen molar-refractivity contribution in [1.29, 1.82) is 0 Å². The van der Waals surface area contributed by atoms with Crippen LogP contribution < -0.4 is 10.1 Å². The molecule has 0 radical (unpaired) electrons. The average Bonchev–Trinajstić information content (AvgIpc) is 2.67. The van der Waals surface area contributed by atoms with Crippen LogP contribution in [0.4, 0.5) is 0 Å². The Kier molecular flexibility index (Phi) is 6.78. The fraction of sp³-hybridized carbons (Fsp3) is 0.600. The molecule has 1 aromatic carbocycles. The molecular formula is C20H27ClN2O3. The second-order valence-electron chi connectivity index (χ2n) is 7.24. The lowest BCUT2D eigenvalue weighted by Gasteiger charge is -2.33. The van der Waals surface area contributed by atoms with Gasteiger partial charge in [0.15, 0.2) is 6.61 Å². The van der Waals surface area contributed by atoms with Crippen molar-refractivity contribution in [3.05, 3.63) is 29.3 Å². The molecule has 3 rings (SSSR count). The van der Waals surface area contributed by atoms with E-state index >= 15 is 0 Å². The standard InChI is InChI=1S/C20H27ClN2O3/c21-16-7-4-8-18(13-16)26-14-19(24)23-11-9-17(10-12-23)22-20(25)15-5-2-1-3-6-15/h4,7-8,13,15,17H,1-3,5-6,9-12,14H2,(H,22,25). The van der Waals surface area contributed by atoms with Gasteiger partial charge in [0.1, 0.15) is 5.75 Å². The molecular weight excluding hydrogens is 352 g/mol. The molecule has 1 heterocycles. The zero-order valence-corrected chi connectivity index (χ0v) is 15.8. The van der Waals surface area contributed by atoms with E-state index in [9.17, 15) is 9.59 Å². The van der Waals surface area contributed by atoms with Crippen LogP contribution in [0.25, 0.3) is 0 Å². The molecule has 6 heteroatoms. The number of halogens is 1. The highest BCUT2D eigenvalue weighted by atomic mass is 35.5. The summed E-state index contributed by atoms with van der Waals surface area (Å²) in [4.78, 5) is 26.5. The second kappa shape index (κ2) is 9.26. The van der Waals surface area contributed by atoms with Gasteiger partial charge >= 0.3 is 0 Å². The first kappa shape index (κ1) is 19.0. The maximum atomic E-state index is 12.3. The van der Waals surface area contributed by atoms with Crippen LogP contribution in [0.1, 0.15) is 44.9 Å². The smallest absolute Gasteiger partial charge is 0.260 e. The van der Waals surface area contributed by atoms with Gasteiger partial charge in [0.25, 0.3) is 5.91 Å². The zero-order chi connectivity index (χ0) is 18.4. The number of amides is 2. The number of carbonyl (C=O) groups is 2. The molecule has 1 saturated carbocycles. The number of hydrogen-bond donors (Lipinski definition) is 1. The lowest BCUT2D eigenvalue weighted by atomic mass is 9.88. The third-order valence-electron chi connectivity index (χ3n) is 5.33. The van der Waals surface area contributed by atoms with Crippen LogP contribution in [-0.4, -0.2) is 42.5 Å². The van der Waals surface area contributed by atoms with Gasteiger partial charge in [0.05, 0.1) is 0 Å². The van der Waals surface area contributed by atoms with E-state index in [0.717, 1.165) is 38.5 Å². The summed E-state index contributed by atoms with van der Waals surface area (Å²) >= 11 is 5.91. The average molecular weight is 379 g/mol. The van der Waals surface area contributed by atoms with Gasteiger partial charge in [-0.25, -0.2) is 0 Å². The molecule has 142 valence electrons. The van der Waals surface area contributed by atoms with Crippen molar-refractivity contribution in [2.75, 3.05) is 19.7 Å². The molecule has 1 N–H and O–H groups in total. The Morgan fingerprint density at radius 1 is 1.12 bits per heavy atom. The Bertz CT molecular complexity index is 623. The number of ether oxygens (including phenoxy) is 1. The van der Waals surface area contributed by atoms with E-state index in [-0.39, 0.29) is 30.4 Å². The first-order valence-corrected chi connectivity index (χ1v) is 9.96. The number of carbonyl (C=O) groups excluding carboxylic acids is 2. The molecule has 0 aromatic heterocycles. The summed E-state index contributed by atoms with van der Waals surface area (Å²) in [6.07, 6.45) is 7.23. The number of rotatable bonds is 5. The molecule has 0 bridgehead atoms. The van der Waals surface area contributed by atoms with Gasteiger partial charge in [-0.15, -0.1) is 0 Å². The summed E-state index contributed by atoms with van der Waals surface area (Å²) < 4.78 is 5.53. The van der Waals surface area contributed by atoms with Gasteiger partial charge in [-0.05, 0) is 43.9 Å². The van der Waals surface area contributed by atoms with Crippen LogP contribution in [0, 0.1) is 5.92 Å². The number of piperidine rings is 1. The summed E-state index contributed by atoms with van der Waals surface area (Å²) in [5.74, 6) is 0.968. The van der Waals surface area contributed by atoms with E-state index in [2.05, 4.69) is 5.32 Å². The highest BCUT2D eigenvalue weighted by Gasteiger charge is 2.27. The van der Waals surface area contributed by atoms with Crippen LogP contribution in [0.3, 0.4) is 0 Å². The van der Waals surface area contributed by atoms with Crippen LogP contribution >= 0.6 is 11.6 Å².